The highest BCUT2D eigenvalue weighted by Gasteiger charge is 2.31. The average Bonchev–Trinajstić information content (AvgIpc) is 2.96. The largest absolute Gasteiger partial charge is 0.339 e. The van der Waals surface area contributed by atoms with Crippen LogP contribution in [0.2, 0.25) is 0 Å². The van der Waals surface area contributed by atoms with E-state index in [1.165, 1.54) is 6.33 Å². The number of rotatable bonds is 4. The molecular formula is C14H19N5O2S. The first kappa shape index (κ1) is 15.1. The van der Waals surface area contributed by atoms with Gasteiger partial charge in [0.2, 0.25) is 0 Å². The average molecular weight is 321 g/mol. The van der Waals surface area contributed by atoms with Crippen LogP contribution in [0.3, 0.4) is 0 Å². The van der Waals surface area contributed by atoms with E-state index >= 15 is 0 Å². The summed E-state index contributed by atoms with van der Waals surface area (Å²) in [7, 11) is -1.74. The second-order valence-corrected chi connectivity index (χ2v) is 7.53. The molecule has 1 aliphatic rings. The van der Waals surface area contributed by atoms with Crippen LogP contribution in [-0.4, -0.2) is 45.3 Å². The van der Waals surface area contributed by atoms with Crippen LogP contribution in [0.4, 0.5) is 0 Å². The quantitative estimate of drug-likeness (QED) is 0.834. The maximum atomic E-state index is 12.6. The molecule has 1 saturated heterocycles. The minimum atomic E-state index is -3.50. The van der Waals surface area contributed by atoms with Crippen LogP contribution in [0.25, 0.3) is 0 Å². The molecule has 0 aromatic carbocycles. The maximum absolute atomic E-state index is 12.6. The maximum Gasteiger partial charge on any atom is 0.262 e. The summed E-state index contributed by atoms with van der Waals surface area (Å²) in [6, 6.07) is 0. The Labute approximate surface area is 130 Å². The van der Waals surface area contributed by atoms with Gasteiger partial charge in [-0.25, -0.2) is 13.4 Å². The van der Waals surface area contributed by atoms with E-state index in [2.05, 4.69) is 15.0 Å². The molecule has 0 N–H and O–H groups in total. The van der Waals surface area contributed by atoms with Crippen molar-refractivity contribution < 1.29 is 8.42 Å². The molecule has 2 aromatic heterocycles. The zero-order valence-corrected chi connectivity index (χ0v) is 13.3. The molecule has 0 spiro atoms. The van der Waals surface area contributed by atoms with Crippen molar-refractivity contribution in [1.82, 2.24) is 23.8 Å². The molecule has 7 nitrogen and oxygen atoms in total. The topological polar surface area (TPSA) is 81.0 Å². The van der Waals surface area contributed by atoms with Crippen LogP contribution in [0.1, 0.15) is 18.5 Å². The molecule has 0 amide bonds. The third-order valence-corrected chi connectivity index (χ3v) is 5.63. The standard InChI is InChI=1S/C14H19N5O2S/c1-18-10-14(17-11-18)22(20,21)19-6-2-3-12(9-19)7-13-8-15-4-5-16-13/h4-5,8,10-12H,2-3,6-7,9H2,1H3/t12-/m0/s1. The zero-order valence-electron chi connectivity index (χ0n) is 12.5. The molecule has 0 saturated carbocycles. The van der Waals surface area contributed by atoms with Crippen molar-refractivity contribution in [1.29, 1.82) is 0 Å². The van der Waals surface area contributed by atoms with Gasteiger partial charge in [-0.1, -0.05) is 0 Å². The van der Waals surface area contributed by atoms with Crippen molar-refractivity contribution in [3.63, 3.8) is 0 Å². The Morgan fingerprint density at radius 3 is 2.86 bits per heavy atom. The van der Waals surface area contributed by atoms with Gasteiger partial charge in [0.05, 0.1) is 12.0 Å². The van der Waals surface area contributed by atoms with Gasteiger partial charge >= 0.3 is 0 Å². The van der Waals surface area contributed by atoms with E-state index in [1.807, 2.05) is 0 Å². The summed E-state index contributed by atoms with van der Waals surface area (Å²) in [5, 5.41) is 0.121. The van der Waals surface area contributed by atoms with Crippen LogP contribution in [0.15, 0.2) is 36.1 Å². The van der Waals surface area contributed by atoms with Crippen molar-refractivity contribution >= 4 is 10.0 Å². The molecule has 0 aliphatic carbocycles. The lowest BCUT2D eigenvalue weighted by atomic mass is 9.95. The monoisotopic (exact) mass is 321 g/mol. The smallest absolute Gasteiger partial charge is 0.262 e. The van der Waals surface area contributed by atoms with Gasteiger partial charge in [-0.3, -0.25) is 9.97 Å². The molecule has 3 rings (SSSR count). The van der Waals surface area contributed by atoms with Crippen molar-refractivity contribution in [2.45, 2.75) is 24.3 Å². The van der Waals surface area contributed by atoms with E-state index in [0.717, 1.165) is 25.0 Å². The number of nitrogens with zero attached hydrogens (tertiary/aromatic N) is 5. The van der Waals surface area contributed by atoms with Crippen molar-refractivity contribution in [2.24, 2.45) is 13.0 Å². The zero-order chi connectivity index (χ0) is 15.6. The van der Waals surface area contributed by atoms with Crippen LogP contribution in [0.5, 0.6) is 0 Å². The van der Waals surface area contributed by atoms with E-state index < -0.39 is 10.0 Å². The number of imidazole rings is 1. The fraction of sp³-hybridized carbons (Fsp3) is 0.500. The number of hydrogen-bond donors (Lipinski definition) is 0. The molecule has 8 heteroatoms. The third-order valence-electron chi connectivity index (χ3n) is 3.88. The molecule has 22 heavy (non-hydrogen) atoms. The predicted molar refractivity (Wildman–Crippen MR) is 80.4 cm³/mol. The van der Waals surface area contributed by atoms with E-state index in [4.69, 9.17) is 0 Å². The first-order valence-electron chi connectivity index (χ1n) is 7.29. The number of aryl methyl sites for hydroxylation is 1. The minimum Gasteiger partial charge on any atom is -0.339 e. The van der Waals surface area contributed by atoms with E-state index in [1.54, 1.807) is 40.7 Å². The summed E-state index contributed by atoms with van der Waals surface area (Å²) in [5.41, 5.74) is 0.907. The number of sulfonamides is 1. The van der Waals surface area contributed by atoms with Gasteiger partial charge in [0.15, 0.2) is 5.03 Å². The van der Waals surface area contributed by atoms with Gasteiger partial charge < -0.3 is 4.57 Å². The van der Waals surface area contributed by atoms with Gasteiger partial charge in [-0.05, 0) is 25.2 Å². The van der Waals surface area contributed by atoms with Crippen molar-refractivity contribution in [2.75, 3.05) is 13.1 Å². The summed E-state index contributed by atoms with van der Waals surface area (Å²) < 4.78 is 28.4. The highest BCUT2D eigenvalue weighted by atomic mass is 32.2. The van der Waals surface area contributed by atoms with Crippen LogP contribution in [0, 0.1) is 5.92 Å². The van der Waals surface area contributed by atoms with Gasteiger partial charge in [0, 0.05) is 44.9 Å². The fourth-order valence-electron chi connectivity index (χ4n) is 2.80. The Balaban J connectivity index is 1.73. The lowest BCUT2D eigenvalue weighted by Gasteiger charge is -2.31. The van der Waals surface area contributed by atoms with E-state index in [-0.39, 0.29) is 10.9 Å². The molecular weight excluding hydrogens is 302 g/mol. The van der Waals surface area contributed by atoms with Crippen LogP contribution >= 0.6 is 0 Å². The molecule has 0 unspecified atom stereocenters. The fourth-order valence-corrected chi connectivity index (χ4v) is 4.32. The van der Waals surface area contributed by atoms with Gasteiger partial charge in [-0.2, -0.15) is 4.31 Å². The summed E-state index contributed by atoms with van der Waals surface area (Å²) >= 11 is 0. The summed E-state index contributed by atoms with van der Waals surface area (Å²) in [5.74, 6) is 0.268. The highest BCUT2D eigenvalue weighted by Crippen LogP contribution is 2.24. The first-order chi connectivity index (χ1) is 10.6. The van der Waals surface area contributed by atoms with Crippen LogP contribution in [-0.2, 0) is 23.5 Å². The van der Waals surface area contributed by atoms with E-state index in [0.29, 0.717) is 13.1 Å². The molecule has 118 valence electrons. The lowest BCUT2D eigenvalue weighted by Crippen LogP contribution is -2.40. The third kappa shape index (κ3) is 3.17. The van der Waals surface area contributed by atoms with E-state index in [9.17, 15) is 8.42 Å². The van der Waals surface area contributed by atoms with Gasteiger partial charge in [-0.15, -0.1) is 0 Å². The van der Waals surface area contributed by atoms with Gasteiger partial charge in [0.25, 0.3) is 10.0 Å². The molecule has 3 heterocycles. The normalized spacial score (nSPS) is 20.1. The Morgan fingerprint density at radius 2 is 2.18 bits per heavy atom. The van der Waals surface area contributed by atoms with Crippen LogP contribution < -0.4 is 0 Å². The second kappa shape index (κ2) is 6.13. The Hall–Kier alpha value is -1.80. The number of piperidine rings is 1. The second-order valence-electron chi connectivity index (χ2n) is 5.65. The molecule has 1 aliphatic heterocycles. The summed E-state index contributed by atoms with van der Waals surface area (Å²) in [6.45, 7) is 1.06. The van der Waals surface area contributed by atoms with Crippen molar-refractivity contribution in [3.05, 3.63) is 36.8 Å². The Kier molecular flexibility index (Phi) is 4.21. The molecule has 0 radical (unpaired) electrons. The molecule has 1 fully saturated rings. The summed E-state index contributed by atoms with van der Waals surface area (Å²) in [6.07, 6.45) is 10.7. The summed E-state index contributed by atoms with van der Waals surface area (Å²) in [4.78, 5) is 12.3. The predicted octanol–water partition coefficient (Wildman–Crippen LogP) is 0.853. The SMILES string of the molecule is Cn1cnc(S(=O)(=O)N2CCC[C@@H](Cc3cnccn3)C2)c1. The molecule has 2 aromatic rings. The van der Waals surface area contributed by atoms with Crippen molar-refractivity contribution in [3.8, 4) is 0 Å². The van der Waals surface area contributed by atoms with Gasteiger partial charge in [0.1, 0.15) is 0 Å². The Morgan fingerprint density at radius 1 is 1.32 bits per heavy atom. The number of hydrogen-bond acceptors (Lipinski definition) is 5. The molecule has 0 bridgehead atoms. The minimum absolute atomic E-state index is 0.121. The lowest BCUT2D eigenvalue weighted by molar-refractivity contribution is 0.263. The first-order valence-corrected chi connectivity index (χ1v) is 8.73. The Bertz CT molecular complexity index is 729. The molecule has 1 atom stereocenters. The highest BCUT2D eigenvalue weighted by molar-refractivity contribution is 7.89. The number of aromatic nitrogens is 4.